The fraction of sp³-hybridized carbons (Fsp3) is 0.900. The van der Waals surface area contributed by atoms with Gasteiger partial charge in [-0.05, 0) is 12.2 Å². The Balaban J connectivity index is 4.29. The van der Waals surface area contributed by atoms with Crippen LogP contribution in [0.2, 0.25) is 0 Å². The van der Waals surface area contributed by atoms with Gasteiger partial charge in [-0.3, -0.25) is 0 Å². The van der Waals surface area contributed by atoms with Crippen molar-refractivity contribution in [3.8, 4) is 0 Å². The summed E-state index contributed by atoms with van der Waals surface area (Å²) in [6.07, 6.45) is 0. The summed E-state index contributed by atoms with van der Waals surface area (Å²) >= 11 is 5.04. The van der Waals surface area contributed by atoms with E-state index in [1.54, 1.807) is 0 Å². The number of ether oxygens (including phenoxy) is 1. The average molecular weight is 236 g/mol. The largest absolute Gasteiger partial charge is 0.486 e. The van der Waals surface area contributed by atoms with Gasteiger partial charge in [-0.25, -0.2) is 0 Å². The summed E-state index contributed by atoms with van der Waals surface area (Å²) < 4.78 is 5.30. The second-order valence-corrected chi connectivity index (χ2v) is 5.17. The maximum Gasteiger partial charge on any atom is 0.165 e. The first-order valence-corrected chi connectivity index (χ1v) is 5.22. The third kappa shape index (κ3) is 4.42. The number of aliphatic hydroxyl groups excluding tert-OH is 3. The summed E-state index contributed by atoms with van der Waals surface area (Å²) in [5, 5.41) is 27.6. The average Bonchev–Trinajstić information content (AvgIpc) is 2.19. The summed E-state index contributed by atoms with van der Waals surface area (Å²) in [6.45, 7) is 4.73. The molecule has 0 aromatic heterocycles. The molecular weight excluding hydrogens is 216 g/mol. The minimum atomic E-state index is -1.02. The lowest BCUT2D eigenvalue weighted by Crippen LogP contribution is -2.40. The van der Waals surface area contributed by atoms with E-state index < -0.39 is 5.41 Å². The zero-order chi connectivity index (χ0) is 12.1. The highest BCUT2D eigenvalue weighted by molar-refractivity contribution is 7.80. The van der Waals surface area contributed by atoms with Crippen LogP contribution < -0.4 is 0 Å². The van der Waals surface area contributed by atoms with E-state index in [0.29, 0.717) is 5.05 Å². The van der Waals surface area contributed by atoms with Gasteiger partial charge in [0.2, 0.25) is 0 Å². The number of rotatable bonds is 5. The van der Waals surface area contributed by atoms with Crippen LogP contribution in [0.3, 0.4) is 0 Å². The molecule has 0 rings (SSSR count). The first-order chi connectivity index (χ1) is 6.81. The Hall–Kier alpha value is -0.230. The lowest BCUT2D eigenvalue weighted by molar-refractivity contribution is -0.0304. The molecule has 0 aromatic carbocycles. The molecule has 4 nitrogen and oxygen atoms in total. The van der Waals surface area contributed by atoms with Crippen molar-refractivity contribution in [3.63, 3.8) is 0 Å². The Morgan fingerprint density at radius 3 is 1.73 bits per heavy atom. The molecule has 0 saturated carbocycles. The van der Waals surface area contributed by atoms with Crippen LogP contribution in [0.25, 0.3) is 0 Å². The molecular formula is C10H20O4S. The van der Waals surface area contributed by atoms with E-state index in [4.69, 9.17) is 32.3 Å². The van der Waals surface area contributed by atoms with E-state index in [1.807, 2.05) is 20.8 Å². The van der Waals surface area contributed by atoms with Gasteiger partial charge in [0.25, 0.3) is 0 Å². The first kappa shape index (κ1) is 14.8. The second-order valence-electron chi connectivity index (χ2n) is 4.80. The molecule has 3 N–H and O–H groups in total. The maximum atomic E-state index is 9.05. The van der Waals surface area contributed by atoms with Gasteiger partial charge in [0, 0.05) is 5.41 Å². The van der Waals surface area contributed by atoms with Crippen molar-refractivity contribution in [2.75, 3.05) is 26.4 Å². The third-order valence-electron chi connectivity index (χ3n) is 2.13. The van der Waals surface area contributed by atoms with E-state index in [0.717, 1.165) is 0 Å². The smallest absolute Gasteiger partial charge is 0.165 e. The highest BCUT2D eigenvalue weighted by Crippen LogP contribution is 2.21. The van der Waals surface area contributed by atoms with Gasteiger partial charge in [0.15, 0.2) is 5.05 Å². The molecule has 0 aliphatic carbocycles. The summed E-state index contributed by atoms with van der Waals surface area (Å²) in [7, 11) is 0. The molecule has 0 atom stereocenters. The summed E-state index contributed by atoms with van der Waals surface area (Å²) in [5.41, 5.74) is -1.28. The van der Waals surface area contributed by atoms with E-state index in [-0.39, 0.29) is 31.8 Å². The molecule has 0 aromatic rings. The molecule has 0 spiro atoms. The summed E-state index contributed by atoms with van der Waals surface area (Å²) in [6, 6.07) is 0. The number of aliphatic hydroxyl groups is 3. The van der Waals surface area contributed by atoms with Gasteiger partial charge in [-0.2, -0.15) is 0 Å². The van der Waals surface area contributed by atoms with Gasteiger partial charge in [-0.1, -0.05) is 20.8 Å². The molecule has 0 unspecified atom stereocenters. The van der Waals surface area contributed by atoms with Gasteiger partial charge < -0.3 is 20.1 Å². The fourth-order valence-electron chi connectivity index (χ4n) is 0.722. The van der Waals surface area contributed by atoms with Crippen LogP contribution in [0.5, 0.6) is 0 Å². The van der Waals surface area contributed by atoms with Crippen molar-refractivity contribution >= 4 is 17.3 Å². The van der Waals surface area contributed by atoms with Crippen molar-refractivity contribution in [1.29, 1.82) is 0 Å². The van der Waals surface area contributed by atoms with Crippen LogP contribution in [0.15, 0.2) is 0 Å². The SMILES string of the molecule is CC(C)(C)C(=S)OCC(CO)(CO)CO. The van der Waals surface area contributed by atoms with Crippen molar-refractivity contribution in [2.45, 2.75) is 20.8 Å². The van der Waals surface area contributed by atoms with Gasteiger partial charge in [0.05, 0.1) is 25.2 Å². The van der Waals surface area contributed by atoms with Crippen molar-refractivity contribution in [3.05, 3.63) is 0 Å². The Morgan fingerprint density at radius 1 is 1.07 bits per heavy atom. The Labute approximate surface area is 95.9 Å². The molecule has 0 amide bonds. The van der Waals surface area contributed by atoms with Crippen LogP contribution in [0.1, 0.15) is 20.8 Å². The molecule has 15 heavy (non-hydrogen) atoms. The molecule has 0 fully saturated rings. The number of thiocarbonyl (C=S) groups is 1. The molecule has 0 heterocycles. The molecule has 0 aliphatic rings. The Morgan fingerprint density at radius 2 is 1.47 bits per heavy atom. The van der Waals surface area contributed by atoms with Crippen LogP contribution in [-0.2, 0) is 4.74 Å². The molecule has 0 aliphatic heterocycles. The monoisotopic (exact) mass is 236 g/mol. The normalized spacial score (nSPS) is 12.7. The number of hydrogen-bond donors (Lipinski definition) is 3. The zero-order valence-corrected chi connectivity index (χ0v) is 10.3. The lowest BCUT2D eigenvalue weighted by atomic mass is 9.92. The summed E-state index contributed by atoms with van der Waals surface area (Å²) in [5.74, 6) is 0. The molecule has 90 valence electrons. The molecule has 0 bridgehead atoms. The molecule has 5 heteroatoms. The zero-order valence-electron chi connectivity index (χ0n) is 9.49. The van der Waals surface area contributed by atoms with E-state index in [1.165, 1.54) is 0 Å². The molecule has 0 radical (unpaired) electrons. The predicted octanol–water partition coefficient (Wildman–Crippen LogP) is 0.340. The van der Waals surface area contributed by atoms with Crippen molar-refractivity contribution in [1.82, 2.24) is 0 Å². The van der Waals surface area contributed by atoms with E-state index in [2.05, 4.69) is 0 Å². The summed E-state index contributed by atoms with van der Waals surface area (Å²) in [4.78, 5) is 0. The highest BCUT2D eigenvalue weighted by atomic mass is 32.1. The van der Waals surface area contributed by atoms with Crippen molar-refractivity contribution in [2.24, 2.45) is 10.8 Å². The minimum absolute atomic E-state index is 0.0204. The Bertz CT molecular complexity index is 198. The van der Waals surface area contributed by atoms with Gasteiger partial charge in [-0.15, -0.1) is 0 Å². The lowest BCUT2D eigenvalue weighted by Gasteiger charge is -2.29. The van der Waals surface area contributed by atoms with Crippen LogP contribution in [0.4, 0.5) is 0 Å². The van der Waals surface area contributed by atoms with Gasteiger partial charge >= 0.3 is 0 Å². The highest BCUT2D eigenvalue weighted by Gasteiger charge is 2.31. The van der Waals surface area contributed by atoms with Crippen LogP contribution >= 0.6 is 12.2 Å². The maximum absolute atomic E-state index is 9.05. The fourth-order valence-corrected chi connectivity index (χ4v) is 0.781. The van der Waals surface area contributed by atoms with E-state index >= 15 is 0 Å². The quantitative estimate of drug-likeness (QED) is 0.601. The van der Waals surface area contributed by atoms with E-state index in [9.17, 15) is 0 Å². The second kappa shape index (κ2) is 5.75. The van der Waals surface area contributed by atoms with Crippen molar-refractivity contribution < 1.29 is 20.1 Å². The van der Waals surface area contributed by atoms with Crippen LogP contribution in [0, 0.1) is 10.8 Å². The predicted molar refractivity (Wildman–Crippen MR) is 61.7 cm³/mol. The van der Waals surface area contributed by atoms with Gasteiger partial charge in [0.1, 0.15) is 6.61 Å². The molecule has 0 saturated heterocycles. The van der Waals surface area contributed by atoms with Crippen LogP contribution in [-0.4, -0.2) is 46.8 Å². The minimum Gasteiger partial charge on any atom is -0.486 e. The number of hydrogen-bond acceptors (Lipinski definition) is 5. The Kier molecular flexibility index (Phi) is 5.66. The third-order valence-corrected chi connectivity index (χ3v) is 2.86. The standard InChI is InChI=1S/C10H20O4S/c1-9(2,3)8(15)14-7-10(4-11,5-12)6-13/h11-13H,4-7H2,1-3H3. The topological polar surface area (TPSA) is 69.9 Å². The first-order valence-electron chi connectivity index (χ1n) is 4.81.